The molecule has 0 radical (unpaired) electrons. The second-order valence-corrected chi connectivity index (χ2v) is 10.6. The maximum Gasteiger partial charge on any atom is 0.294 e. The van der Waals surface area contributed by atoms with Crippen molar-refractivity contribution in [2.24, 2.45) is 5.92 Å². The minimum absolute atomic E-state index is 0.142. The number of benzene rings is 1. The molecule has 3 rings (SSSR count). The Morgan fingerprint density at radius 2 is 1.86 bits per heavy atom. The van der Waals surface area contributed by atoms with Gasteiger partial charge in [-0.25, -0.2) is 0 Å². The molecule has 2 saturated carbocycles. The molecule has 0 aromatic heterocycles. The molecule has 1 unspecified atom stereocenters. The first-order valence-corrected chi connectivity index (χ1v) is 13.0. The number of nitrogens with one attached hydrogen (secondary N) is 2. The molecule has 9 heteroatoms. The summed E-state index contributed by atoms with van der Waals surface area (Å²) in [5.74, 6) is 1.11. The van der Waals surface area contributed by atoms with Crippen LogP contribution in [0.1, 0.15) is 83.1 Å². The van der Waals surface area contributed by atoms with E-state index in [1.165, 1.54) is 31.2 Å². The number of carbonyl (C=O) groups excluding carboxylic acids is 1. The number of ether oxygens (including phenoxy) is 1. The third-order valence-electron chi connectivity index (χ3n) is 7.20. The number of β-amino-alcohol motifs (C(OH)–C–C–N with tert-alkyl or cyclic N) is 1. The summed E-state index contributed by atoms with van der Waals surface area (Å²) in [5, 5.41) is 26.7. The monoisotopic (exact) mass is 491 g/mol. The number of amides is 1. The van der Waals surface area contributed by atoms with E-state index in [4.69, 9.17) is 9.57 Å². The zero-order valence-corrected chi connectivity index (χ0v) is 21.0. The average Bonchev–Trinajstić information content (AvgIpc) is 3.36. The Labute approximate surface area is 208 Å². The SMILES string of the molecule is CC(C)(CNC(=O)C[C@@H]1CCCC[C@H]1O[N+](=O)[O-])NCC(O)COc1ccccc1C1CCCC1. The summed E-state index contributed by atoms with van der Waals surface area (Å²) in [6.45, 7) is 4.80. The topological polar surface area (TPSA) is 123 Å². The molecule has 35 heavy (non-hydrogen) atoms. The van der Waals surface area contributed by atoms with Crippen LogP contribution in [0.15, 0.2) is 24.3 Å². The molecule has 0 bridgehead atoms. The summed E-state index contributed by atoms with van der Waals surface area (Å²) >= 11 is 0. The fourth-order valence-electron chi connectivity index (χ4n) is 5.17. The molecule has 2 aliphatic carbocycles. The van der Waals surface area contributed by atoms with Crippen LogP contribution >= 0.6 is 0 Å². The van der Waals surface area contributed by atoms with Crippen molar-refractivity contribution in [1.82, 2.24) is 10.6 Å². The van der Waals surface area contributed by atoms with Gasteiger partial charge in [0.25, 0.3) is 5.09 Å². The van der Waals surface area contributed by atoms with E-state index in [1.54, 1.807) is 0 Å². The molecule has 0 saturated heterocycles. The summed E-state index contributed by atoms with van der Waals surface area (Å²) < 4.78 is 5.98. The summed E-state index contributed by atoms with van der Waals surface area (Å²) in [5.41, 5.74) is 0.791. The van der Waals surface area contributed by atoms with Crippen molar-refractivity contribution in [2.45, 2.75) is 95.3 Å². The van der Waals surface area contributed by atoms with E-state index in [9.17, 15) is 20.0 Å². The first-order chi connectivity index (χ1) is 16.7. The van der Waals surface area contributed by atoms with Crippen molar-refractivity contribution in [3.8, 4) is 5.75 Å². The standard InChI is InChI=1S/C26H41N3O6/c1-26(2,18-27-25(31)15-20-11-5-7-13-23(20)35-29(32)33)28-16-21(30)17-34-24-14-8-6-12-22(24)19-9-3-4-10-19/h6,8,12,14,19-21,23,28,30H,3-5,7,9-11,13,15-18H2,1-2H3,(H,27,31)/t20-,21?,23+/m0/s1. The maximum absolute atomic E-state index is 12.5. The van der Waals surface area contributed by atoms with Gasteiger partial charge < -0.3 is 25.3 Å². The van der Waals surface area contributed by atoms with Crippen LogP contribution < -0.4 is 15.4 Å². The number of nitrogens with zero attached hydrogens (tertiary/aromatic N) is 1. The van der Waals surface area contributed by atoms with Crippen LogP contribution in [0.2, 0.25) is 0 Å². The lowest BCUT2D eigenvalue weighted by molar-refractivity contribution is -0.771. The second kappa shape index (κ2) is 13.1. The predicted octanol–water partition coefficient (Wildman–Crippen LogP) is 3.73. The molecular formula is C26H41N3O6. The van der Waals surface area contributed by atoms with Crippen LogP contribution in [0.25, 0.3) is 0 Å². The Kier molecular flexibility index (Phi) is 10.2. The van der Waals surface area contributed by atoms with Gasteiger partial charge in [-0.1, -0.05) is 43.9 Å². The van der Waals surface area contributed by atoms with Crippen LogP contribution in [0.4, 0.5) is 0 Å². The van der Waals surface area contributed by atoms with Crippen molar-refractivity contribution in [3.05, 3.63) is 39.9 Å². The molecule has 3 N–H and O–H groups in total. The van der Waals surface area contributed by atoms with Gasteiger partial charge in [-0.3, -0.25) is 4.79 Å². The summed E-state index contributed by atoms with van der Waals surface area (Å²) in [6, 6.07) is 8.10. The number of para-hydroxylation sites is 1. The zero-order chi connectivity index (χ0) is 25.3. The Morgan fingerprint density at radius 1 is 1.17 bits per heavy atom. The lowest BCUT2D eigenvalue weighted by Gasteiger charge is -2.31. The fourth-order valence-corrected chi connectivity index (χ4v) is 5.17. The molecule has 0 spiro atoms. The molecule has 196 valence electrons. The lowest BCUT2D eigenvalue weighted by Crippen LogP contribution is -2.52. The molecular weight excluding hydrogens is 450 g/mol. The first kappa shape index (κ1) is 27.2. The number of carbonyl (C=O) groups is 1. The Bertz CT molecular complexity index is 827. The molecule has 2 aliphatic rings. The van der Waals surface area contributed by atoms with Crippen LogP contribution in [0.5, 0.6) is 5.75 Å². The highest BCUT2D eigenvalue weighted by Crippen LogP contribution is 2.38. The van der Waals surface area contributed by atoms with Crippen molar-refractivity contribution in [1.29, 1.82) is 0 Å². The van der Waals surface area contributed by atoms with E-state index < -0.39 is 22.8 Å². The van der Waals surface area contributed by atoms with Gasteiger partial charge in [0, 0.05) is 25.0 Å². The number of hydrogen-bond acceptors (Lipinski definition) is 7. The lowest BCUT2D eigenvalue weighted by atomic mass is 9.84. The number of hydrogen-bond donors (Lipinski definition) is 3. The van der Waals surface area contributed by atoms with Crippen LogP contribution in [-0.2, 0) is 9.63 Å². The van der Waals surface area contributed by atoms with E-state index in [0.29, 0.717) is 25.4 Å². The van der Waals surface area contributed by atoms with Gasteiger partial charge in [-0.15, -0.1) is 10.1 Å². The highest BCUT2D eigenvalue weighted by molar-refractivity contribution is 5.76. The van der Waals surface area contributed by atoms with Gasteiger partial charge in [0.2, 0.25) is 5.91 Å². The molecule has 1 amide bonds. The van der Waals surface area contributed by atoms with E-state index >= 15 is 0 Å². The molecule has 1 aromatic rings. The normalized spacial score (nSPS) is 21.9. The van der Waals surface area contributed by atoms with E-state index in [1.807, 2.05) is 32.0 Å². The predicted molar refractivity (Wildman–Crippen MR) is 133 cm³/mol. The number of aliphatic hydroxyl groups excluding tert-OH is 1. The maximum atomic E-state index is 12.5. The number of aliphatic hydroxyl groups is 1. The zero-order valence-electron chi connectivity index (χ0n) is 21.0. The van der Waals surface area contributed by atoms with Gasteiger partial charge in [0.05, 0.1) is 0 Å². The minimum Gasteiger partial charge on any atom is -0.491 e. The third-order valence-corrected chi connectivity index (χ3v) is 7.20. The van der Waals surface area contributed by atoms with Gasteiger partial charge in [0.15, 0.2) is 0 Å². The van der Waals surface area contributed by atoms with Crippen molar-refractivity contribution < 1.29 is 24.6 Å². The van der Waals surface area contributed by atoms with Crippen LogP contribution in [-0.4, -0.2) is 53.5 Å². The van der Waals surface area contributed by atoms with Crippen LogP contribution in [0.3, 0.4) is 0 Å². The highest BCUT2D eigenvalue weighted by Gasteiger charge is 2.30. The smallest absolute Gasteiger partial charge is 0.294 e. The molecule has 0 aliphatic heterocycles. The Morgan fingerprint density at radius 3 is 2.60 bits per heavy atom. The van der Waals surface area contributed by atoms with E-state index in [2.05, 4.69) is 16.7 Å². The highest BCUT2D eigenvalue weighted by atomic mass is 17.0. The van der Waals surface area contributed by atoms with Crippen molar-refractivity contribution in [2.75, 3.05) is 19.7 Å². The third kappa shape index (κ3) is 8.96. The van der Waals surface area contributed by atoms with Gasteiger partial charge in [0.1, 0.15) is 24.6 Å². The van der Waals surface area contributed by atoms with Crippen molar-refractivity contribution in [3.63, 3.8) is 0 Å². The molecule has 1 aromatic carbocycles. The first-order valence-electron chi connectivity index (χ1n) is 13.0. The Balaban J connectivity index is 1.38. The summed E-state index contributed by atoms with van der Waals surface area (Å²) in [6.07, 6.45) is 7.10. The quantitative estimate of drug-likeness (QED) is 0.284. The minimum atomic E-state index is -0.754. The van der Waals surface area contributed by atoms with Crippen LogP contribution in [0, 0.1) is 16.0 Å². The molecule has 0 heterocycles. The van der Waals surface area contributed by atoms with E-state index in [0.717, 1.165) is 25.0 Å². The van der Waals surface area contributed by atoms with E-state index in [-0.39, 0.29) is 24.9 Å². The van der Waals surface area contributed by atoms with Gasteiger partial charge >= 0.3 is 0 Å². The summed E-state index contributed by atoms with van der Waals surface area (Å²) in [4.78, 5) is 28.0. The summed E-state index contributed by atoms with van der Waals surface area (Å²) in [7, 11) is 0. The largest absolute Gasteiger partial charge is 0.491 e. The Hall–Kier alpha value is -2.39. The molecule has 9 nitrogen and oxygen atoms in total. The van der Waals surface area contributed by atoms with Crippen molar-refractivity contribution >= 4 is 5.91 Å². The van der Waals surface area contributed by atoms with Gasteiger partial charge in [-0.2, -0.15) is 0 Å². The molecule has 2 fully saturated rings. The average molecular weight is 492 g/mol. The second-order valence-electron chi connectivity index (χ2n) is 10.6. The van der Waals surface area contributed by atoms with Gasteiger partial charge in [-0.05, 0) is 63.0 Å². The fraction of sp³-hybridized carbons (Fsp3) is 0.731. The number of rotatable bonds is 13. The molecule has 3 atom stereocenters.